The van der Waals surface area contributed by atoms with Crippen LogP contribution in [0.2, 0.25) is 6.04 Å². The third-order valence-corrected chi connectivity index (χ3v) is 3.73. The molecular formula is C10H23O2Si. The Morgan fingerprint density at radius 3 is 1.23 bits per heavy atom. The molecule has 0 atom stereocenters. The zero-order valence-electron chi connectivity index (χ0n) is 9.27. The van der Waals surface area contributed by atoms with Gasteiger partial charge in [0.05, 0.1) is 0 Å². The molecule has 0 aromatic rings. The summed E-state index contributed by atoms with van der Waals surface area (Å²) in [7, 11) is 2.50. The highest BCUT2D eigenvalue weighted by molar-refractivity contribution is 6.44. The Morgan fingerprint density at radius 2 is 1.15 bits per heavy atom. The van der Waals surface area contributed by atoms with Crippen molar-refractivity contribution >= 4 is 9.28 Å². The first-order chi connectivity index (χ1) is 6.35. The van der Waals surface area contributed by atoms with Crippen molar-refractivity contribution < 1.29 is 8.85 Å². The van der Waals surface area contributed by atoms with E-state index in [1.807, 2.05) is 0 Å². The van der Waals surface area contributed by atoms with E-state index < -0.39 is 9.28 Å². The first kappa shape index (κ1) is 13.1. The van der Waals surface area contributed by atoms with E-state index in [0.29, 0.717) is 0 Å². The Morgan fingerprint density at radius 1 is 0.846 bits per heavy atom. The normalized spacial score (nSPS) is 16.6. The summed E-state index contributed by atoms with van der Waals surface area (Å²) in [5.41, 5.74) is 0. The molecule has 0 heterocycles. The lowest BCUT2D eigenvalue weighted by Crippen LogP contribution is -2.16. The van der Waals surface area contributed by atoms with Crippen LogP contribution in [0.4, 0.5) is 0 Å². The third kappa shape index (κ3) is 8.47. The highest BCUT2D eigenvalue weighted by atomic mass is 28.3. The lowest BCUT2D eigenvalue weighted by atomic mass is 10.0. The minimum atomic E-state index is -0.863. The van der Waals surface area contributed by atoms with Crippen molar-refractivity contribution in [3.05, 3.63) is 0 Å². The molecule has 0 spiro atoms. The maximum Gasteiger partial charge on any atom is 0.383 e. The van der Waals surface area contributed by atoms with E-state index in [0.717, 1.165) is 6.04 Å². The highest BCUT2D eigenvalue weighted by Gasteiger charge is 2.05. The van der Waals surface area contributed by atoms with Gasteiger partial charge in [-0.3, -0.25) is 0 Å². The van der Waals surface area contributed by atoms with Gasteiger partial charge in [0.1, 0.15) is 0 Å². The summed E-state index contributed by atoms with van der Waals surface area (Å²) in [6.45, 7) is 2.06. The summed E-state index contributed by atoms with van der Waals surface area (Å²) >= 11 is 0. The van der Waals surface area contributed by atoms with Gasteiger partial charge in [-0.05, 0) is 6.04 Å². The minimum absolute atomic E-state index is 0.863. The monoisotopic (exact) mass is 203 g/mol. The van der Waals surface area contributed by atoms with Crippen LogP contribution >= 0.6 is 0 Å². The van der Waals surface area contributed by atoms with Gasteiger partial charge in [0.25, 0.3) is 0 Å². The van der Waals surface area contributed by atoms with Crippen molar-refractivity contribution in [1.29, 1.82) is 0 Å². The van der Waals surface area contributed by atoms with Crippen molar-refractivity contribution in [2.24, 2.45) is 0 Å². The summed E-state index contributed by atoms with van der Waals surface area (Å²) in [5, 5.41) is 0. The summed E-state index contributed by atoms with van der Waals surface area (Å²) in [6, 6.07) is 1.01. The van der Waals surface area contributed by atoms with Gasteiger partial charge in [-0.2, -0.15) is 0 Å². The number of hydrogen-bond acceptors (Lipinski definition) is 2. The number of rotatable bonds is 3. The van der Waals surface area contributed by atoms with Gasteiger partial charge < -0.3 is 8.85 Å². The first-order valence-corrected chi connectivity index (χ1v) is 6.81. The zero-order chi connectivity index (χ0) is 9.94. The van der Waals surface area contributed by atoms with Gasteiger partial charge in [0.15, 0.2) is 0 Å². The van der Waals surface area contributed by atoms with Crippen LogP contribution in [0.15, 0.2) is 0 Å². The number of hydrogen-bond donors (Lipinski definition) is 0. The van der Waals surface area contributed by atoms with E-state index in [1.54, 1.807) is 14.2 Å². The summed E-state index contributed by atoms with van der Waals surface area (Å²) in [4.78, 5) is 0. The molecule has 0 aromatic carbocycles. The molecule has 1 saturated carbocycles. The zero-order valence-corrected chi connectivity index (χ0v) is 10.3. The van der Waals surface area contributed by atoms with Crippen LogP contribution < -0.4 is 0 Å². The van der Waals surface area contributed by atoms with E-state index >= 15 is 0 Å². The van der Waals surface area contributed by atoms with Crippen molar-refractivity contribution in [3.8, 4) is 0 Å². The Hall–Kier alpha value is 0.137. The molecule has 0 unspecified atom stereocenters. The smallest absolute Gasteiger partial charge is 0.383 e. The van der Waals surface area contributed by atoms with Crippen LogP contribution in [0.1, 0.15) is 45.4 Å². The molecule has 1 radical (unpaired) electrons. The molecular weight excluding hydrogens is 180 g/mol. The molecule has 0 saturated heterocycles. The summed E-state index contributed by atoms with van der Waals surface area (Å²) in [6.07, 6.45) is 9.00. The first-order valence-electron chi connectivity index (χ1n) is 5.29. The second kappa shape index (κ2) is 10.2. The van der Waals surface area contributed by atoms with Gasteiger partial charge >= 0.3 is 9.28 Å². The van der Waals surface area contributed by atoms with E-state index in [9.17, 15) is 0 Å². The van der Waals surface area contributed by atoms with Crippen molar-refractivity contribution in [1.82, 2.24) is 0 Å². The van der Waals surface area contributed by atoms with E-state index in [2.05, 4.69) is 6.92 Å². The van der Waals surface area contributed by atoms with Crippen LogP contribution in [0.25, 0.3) is 0 Å². The Kier molecular flexibility index (Phi) is 10.3. The third-order valence-electron chi connectivity index (χ3n) is 2.24. The fourth-order valence-corrected chi connectivity index (χ4v) is 2.18. The predicted octanol–water partition coefficient (Wildman–Crippen LogP) is 3.13. The van der Waals surface area contributed by atoms with Crippen LogP contribution in [0, 0.1) is 0 Å². The largest absolute Gasteiger partial charge is 0.397 e. The average Bonchev–Trinajstić information content (AvgIpc) is 2.24. The molecule has 13 heavy (non-hydrogen) atoms. The lowest BCUT2D eigenvalue weighted by Gasteiger charge is -2.05. The van der Waals surface area contributed by atoms with E-state index in [1.165, 1.54) is 38.5 Å². The van der Waals surface area contributed by atoms with E-state index in [-0.39, 0.29) is 0 Å². The molecule has 1 rings (SSSR count). The summed E-state index contributed by atoms with van der Waals surface area (Å²) < 4.78 is 9.86. The molecule has 1 fully saturated rings. The van der Waals surface area contributed by atoms with Crippen molar-refractivity contribution in [2.45, 2.75) is 51.5 Å². The SMILES string of the molecule is C1CCCCC1.CC[Si](OC)OC. The summed E-state index contributed by atoms with van der Waals surface area (Å²) in [5.74, 6) is 0. The topological polar surface area (TPSA) is 18.5 Å². The highest BCUT2D eigenvalue weighted by Crippen LogP contribution is 2.15. The molecule has 79 valence electrons. The maximum atomic E-state index is 4.93. The Labute approximate surface area is 84.5 Å². The van der Waals surface area contributed by atoms with Gasteiger partial charge in [0, 0.05) is 14.2 Å². The van der Waals surface area contributed by atoms with Gasteiger partial charge in [-0.25, -0.2) is 0 Å². The van der Waals surface area contributed by atoms with E-state index in [4.69, 9.17) is 8.85 Å². The second-order valence-corrected chi connectivity index (χ2v) is 5.52. The predicted molar refractivity (Wildman–Crippen MR) is 58.0 cm³/mol. The average molecular weight is 203 g/mol. The molecule has 0 aromatic heterocycles. The van der Waals surface area contributed by atoms with Gasteiger partial charge in [0.2, 0.25) is 0 Å². The fourth-order valence-electron chi connectivity index (χ4n) is 1.43. The van der Waals surface area contributed by atoms with Crippen LogP contribution in [0.5, 0.6) is 0 Å². The molecule has 2 nitrogen and oxygen atoms in total. The molecule has 1 aliphatic carbocycles. The molecule has 0 N–H and O–H groups in total. The standard InChI is InChI=1S/C6H12.C4H11O2Si/c1-2-4-6-5-3-1;1-4-7(5-2)6-3/h1-6H2;4H2,1-3H3. The Bertz CT molecular complexity index is 73.9. The second-order valence-electron chi connectivity index (χ2n) is 3.26. The van der Waals surface area contributed by atoms with Gasteiger partial charge in [-0.1, -0.05) is 45.4 Å². The lowest BCUT2D eigenvalue weighted by molar-refractivity contribution is 0.279. The molecule has 0 bridgehead atoms. The fraction of sp³-hybridized carbons (Fsp3) is 1.00. The molecule has 0 aliphatic heterocycles. The maximum absolute atomic E-state index is 4.93. The molecule has 0 amide bonds. The van der Waals surface area contributed by atoms with Crippen LogP contribution in [-0.4, -0.2) is 23.5 Å². The minimum Gasteiger partial charge on any atom is -0.397 e. The molecule has 1 aliphatic rings. The van der Waals surface area contributed by atoms with Crippen molar-refractivity contribution in [2.75, 3.05) is 14.2 Å². The van der Waals surface area contributed by atoms with Crippen LogP contribution in [0.3, 0.4) is 0 Å². The van der Waals surface area contributed by atoms with Gasteiger partial charge in [-0.15, -0.1) is 0 Å². The van der Waals surface area contributed by atoms with Crippen molar-refractivity contribution in [3.63, 3.8) is 0 Å². The van der Waals surface area contributed by atoms with Crippen LogP contribution in [-0.2, 0) is 8.85 Å². The molecule has 3 heteroatoms. The Balaban J connectivity index is 0.000000223. The quantitative estimate of drug-likeness (QED) is 0.656.